The van der Waals surface area contributed by atoms with Crippen molar-refractivity contribution in [1.82, 2.24) is 0 Å². The molecule has 0 aliphatic heterocycles. The van der Waals surface area contributed by atoms with Crippen molar-refractivity contribution in [3.63, 3.8) is 0 Å². The molecule has 3 heteroatoms. The van der Waals surface area contributed by atoms with E-state index in [9.17, 15) is 4.39 Å². The molecule has 0 N–H and O–H groups in total. The highest BCUT2D eigenvalue weighted by Crippen LogP contribution is 2.36. The fourth-order valence-corrected chi connectivity index (χ4v) is 2.84. The fraction of sp³-hybridized carbons (Fsp3) is 0.500. The Labute approximate surface area is 103 Å². The fourth-order valence-electron chi connectivity index (χ4n) is 1.75. The van der Waals surface area contributed by atoms with Crippen molar-refractivity contribution < 1.29 is 4.39 Å². The second-order valence-corrected chi connectivity index (χ2v) is 5.88. The van der Waals surface area contributed by atoms with Gasteiger partial charge in [0.2, 0.25) is 0 Å². The molecule has 0 amide bonds. The van der Waals surface area contributed by atoms with Crippen LogP contribution < -0.4 is 0 Å². The van der Waals surface area contributed by atoms with Crippen LogP contribution in [0, 0.1) is 11.7 Å². The maximum absolute atomic E-state index is 13.5. The molecule has 0 radical (unpaired) electrons. The van der Waals surface area contributed by atoms with E-state index in [0.29, 0.717) is 21.8 Å². The van der Waals surface area contributed by atoms with Gasteiger partial charge in [0, 0.05) is 15.4 Å². The molecular formula is C12H13BrClF. The Balaban J connectivity index is 2.01. The van der Waals surface area contributed by atoms with E-state index in [1.807, 2.05) is 0 Å². The molecule has 0 aromatic heterocycles. The topological polar surface area (TPSA) is 0 Å². The molecule has 1 aromatic rings. The molecule has 0 saturated heterocycles. The number of benzene rings is 1. The number of rotatable bonds is 4. The minimum Gasteiger partial charge on any atom is -0.207 e. The van der Waals surface area contributed by atoms with Crippen LogP contribution in [0.25, 0.3) is 0 Å². The van der Waals surface area contributed by atoms with Crippen LogP contribution in [0.4, 0.5) is 4.39 Å². The molecule has 1 fully saturated rings. The van der Waals surface area contributed by atoms with Crippen molar-refractivity contribution in [2.45, 2.75) is 30.5 Å². The van der Waals surface area contributed by atoms with Crippen molar-refractivity contribution in [3.8, 4) is 0 Å². The number of hydrogen-bond acceptors (Lipinski definition) is 0. The molecule has 1 aliphatic rings. The highest BCUT2D eigenvalue weighted by molar-refractivity contribution is 9.09. The van der Waals surface area contributed by atoms with Gasteiger partial charge in [0.05, 0.1) is 0 Å². The van der Waals surface area contributed by atoms with E-state index in [1.54, 1.807) is 12.1 Å². The molecule has 0 heterocycles. The zero-order valence-corrected chi connectivity index (χ0v) is 10.7. The summed E-state index contributed by atoms with van der Waals surface area (Å²) in [6, 6.07) is 4.86. The average molecular weight is 292 g/mol. The van der Waals surface area contributed by atoms with Gasteiger partial charge in [0.1, 0.15) is 5.82 Å². The molecular weight excluding hydrogens is 278 g/mol. The lowest BCUT2D eigenvalue weighted by atomic mass is 10.1. The third-order valence-electron chi connectivity index (χ3n) is 2.77. The minimum absolute atomic E-state index is 0.192. The van der Waals surface area contributed by atoms with Crippen LogP contribution in [-0.2, 0) is 6.42 Å². The largest absolute Gasteiger partial charge is 0.207 e. The standard InChI is InChI=1S/C12H13BrClF/c13-9(6-8-4-5-8)7-10-11(14)2-1-3-12(10)15/h1-3,8-9H,4-7H2. The van der Waals surface area contributed by atoms with Crippen LogP contribution in [0.3, 0.4) is 0 Å². The van der Waals surface area contributed by atoms with E-state index in [-0.39, 0.29) is 5.82 Å². The third-order valence-corrected chi connectivity index (χ3v) is 3.82. The highest BCUT2D eigenvalue weighted by atomic mass is 79.9. The molecule has 1 aliphatic carbocycles. The molecule has 15 heavy (non-hydrogen) atoms. The summed E-state index contributed by atoms with van der Waals surface area (Å²) in [5.74, 6) is 0.655. The predicted octanol–water partition coefficient (Wildman–Crippen LogP) is 4.59. The summed E-state index contributed by atoms with van der Waals surface area (Å²) >= 11 is 9.56. The van der Waals surface area contributed by atoms with Gasteiger partial charge in [-0.3, -0.25) is 0 Å². The van der Waals surface area contributed by atoms with Gasteiger partial charge in [0.25, 0.3) is 0 Å². The smallest absolute Gasteiger partial charge is 0.127 e. The molecule has 2 rings (SSSR count). The van der Waals surface area contributed by atoms with Gasteiger partial charge in [0.15, 0.2) is 0 Å². The van der Waals surface area contributed by atoms with Gasteiger partial charge in [-0.25, -0.2) is 4.39 Å². The van der Waals surface area contributed by atoms with E-state index < -0.39 is 0 Å². The second-order valence-electron chi connectivity index (χ2n) is 4.18. The van der Waals surface area contributed by atoms with Crippen LogP contribution in [0.2, 0.25) is 5.02 Å². The van der Waals surface area contributed by atoms with Gasteiger partial charge >= 0.3 is 0 Å². The summed E-state index contributed by atoms with van der Waals surface area (Å²) < 4.78 is 13.5. The first-order valence-corrected chi connectivity index (χ1v) is 6.53. The summed E-state index contributed by atoms with van der Waals surface area (Å²) in [6.07, 6.45) is 4.47. The Bertz CT molecular complexity index is 329. The zero-order chi connectivity index (χ0) is 10.8. The Morgan fingerprint density at radius 1 is 1.47 bits per heavy atom. The van der Waals surface area contributed by atoms with E-state index in [2.05, 4.69) is 15.9 Å². The molecule has 1 atom stereocenters. The summed E-state index contributed by atoms with van der Waals surface area (Å²) in [6.45, 7) is 0. The first-order valence-electron chi connectivity index (χ1n) is 5.23. The first kappa shape index (κ1) is 11.4. The van der Waals surface area contributed by atoms with Crippen molar-refractivity contribution in [2.75, 3.05) is 0 Å². The Morgan fingerprint density at radius 3 is 2.80 bits per heavy atom. The van der Waals surface area contributed by atoms with E-state index in [1.165, 1.54) is 18.9 Å². The van der Waals surface area contributed by atoms with Crippen LogP contribution in [0.5, 0.6) is 0 Å². The van der Waals surface area contributed by atoms with Crippen LogP contribution >= 0.6 is 27.5 Å². The minimum atomic E-state index is -0.192. The predicted molar refractivity (Wildman–Crippen MR) is 65.2 cm³/mol. The SMILES string of the molecule is Fc1cccc(Cl)c1CC(Br)CC1CC1. The second kappa shape index (κ2) is 4.84. The zero-order valence-electron chi connectivity index (χ0n) is 8.35. The molecule has 1 unspecified atom stereocenters. The van der Waals surface area contributed by atoms with Crippen LogP contribution in [0.15, 0.2) is 18.2 Å². The van der Waals surface area contributed by atoms with Crippen LogP contribution in [-0.4, -0.2) is 4.83 Å². The van der Waals surface area contributed by atoms with Crippen molar-refractivity contribution >= 4 is 27.5 Å². The summed E-state index contributed by atoms with van der Waals surface area (Å²) in [5.41, 5.74) is 0.640. The Kier molecular flexibility index (Phi) is 3.68. The van der Waals surface area contributed by atoms with Crippen molar-refractivity contribution in [1.29, 1.82) is 0 Å². The van der Waals surface area contributed by atoms with Gasteiger partial charge in [-0.1, -0.05) is 46.4 Å². The lowest BCUT2D eigenvalue weighted by Crippen LogP contribution is -2.06. The number of halogens is 3. The quantitative estimate of drug-likeness (QED) is 0.712. The summed E-state index contributed by atoms with van der Waals surface area (Å²) in [4.78, 5) is 0.347. The lowest BCUT2D eigenvalue weighted by molar-refractivity contribution is 0.598. The van der Waals surface area contributed by atoms with Gasteiger partial charge in [-0.15, -0.1) is 0 Å². The van der Waals surface area contributed by atoms with E-state index in [4.69, 9.17) is 11.6 Å². The molecule has 0 nitrogen and oxygen atoms in total. The Morgan fingerprint density at radius 2 is 2.20 bits per heavy atom. The normalized spacial score (nSPS) is 17.8. The highest BCUT2D eigenvalue weighted by Gasteiger charge is 2.25. The van der Waals surface area contributed by atoms with Crippen LogP contribution in [0.1, 0.15) is 24.8 Å². The maximum Gasteiger partial charge on any atom is 0.127 e. The van der Waals surface area contributed by atoms with Gasteiger partial charge < -0.3 is 0 Å². The molecule has 1 saturated carbocycles. The van der Waals surface area contributed by atoms with Crippen molar-refractivity contribution in [2.24, 2.45) is 5.92 Å². The first-order chi connectivity index (χ1) is 7.16. The summed E-state index contributed by atoms with van der Waals surface area (Å²) in [5, 5.41) is 0.537. The summed E-state index contributed by atoms with van der Waals surface area (Å²) in [7, 11) is 0. The van der Waals surface area contributed by atoms with E-state index >= 15 is 0 Å². The van der Waals surface area contributed by atoms with E-state index in [0.717, 1.165) is 12.3 Å². The van der Waals surface area contributed by atoms with Gasteiger partial charge in [-0.05, 0) is 30.9 Å². The third kappa shape index (κ3) is 3.18. The molecule has 0 spiro atoms. The number of alkyl halides is 1. The number of hydrogen-bond donors (Lipinski definition) is 0. The average Bonchev–Trinajstić information content (AvgIpc) is 2.95. The van der Waals surface area contributed by atoms with Crippen molar-refractivity contribution in [3.05, 3.63) is 34.6 Å². The molecule has 82 valence electrons. The molecule has 0 bridgehead atoms. The monoisotopic (exact) mass is 290 g/mol. The lowest BCUT2D eigenvalue weighted by Gasteiger charge is -2.11. The Hall–Kier alpha value is -0.0800. The maximum atomic E-state index is 13.5. The van der Waals surface area contributed by atoms with Gasteiger partial charge in [-0.2, -0.15) is 0 Å². The molecule has 1 aromatic carbocycles.